The molecule has 5 rings (SSSR count). The van der Waals surface area contributed by atoms with Crippen LogP contribution in [0.1, 0.15) is 18.5 Å². The van der Waals surface area contributed by atoms with Crippen molar-refractivity contribution < 1.29 is 4.74 Å². The molecule has 0 bridgehead atoms. The van der Waals surface area contributed by atoms with E-state index >= 15 is 0 Å². The minimum absolute atomic E-state index is 0.00728. The van der Waals surface area contributed by atoms with Gasteiger partial charge in [-0.3, -0.25) is 0 Å². The molecule has 0 N–H and O–H groups in total. The Balaban J connectivity index is 1.35. The summed E-state index contributed by atoms with van der Waals surface area (Å²) in [5.41, 5.74) is 1.62. The second kappa shape index (κ2) is 7.59. The lowest BCUT2D eigenvalue weighted by molar-refractivity contribution is 0.163. The van der Waals surface area contributed by atoms with Crippen LogP contribution in [0.25, 0.3) is 16.6 Å². The van der Waals surface area contributed by atoms with E-state index in [9.17, 15) is 5.26 Å². The molecule has 8 nitrogen and oxygen atoms in total. The summed E-state index contributed by atoms with van der Waals surface area (Å²) in [5.74, 6) is 1.11. The predicted molar refractivity (Wildman–Crippen MR) is 113 cm³/mol. The lowest BCUT2D eigenvalue weighted by Crippen LogP contribution is -2.39. The van der Waals surface area contributed by atoms with Crippen molar-refractivity contribution >= 4 is 45.7 Å². The number of ether oxygens (including phenoxy) is 1. The van der Waals surface area contributed by atoms with E-state index in [1.54, 1.807) is 36.7 Å². The van der Waals surface area contributed by atoms with Crippen molar-refractivity contribution in [1.29, 1.82) is 5.26 Å². The third-order valence-corrected chi connectivity index (χ3v) is 5.48. The van der Waals surface area contributed by atoms with Gasteiger partial charge < -0.3 is 9.64 Å². The zero-order valence-corrected chi connectivity index (χ0v) is 17.2. The second-order valence-corrected chi connectivity index (χ2v) is 7.86. The Morgan fingerprint density at radius 1 is 1.07 bits per heavy atom. The minimum atomic E-state index is 0.00728. The molecule has 0 unspecified atom stereocenters. The quantitative estimate of drug-likeness (QED) is 0.477. The average Bonchev–Trinajstić information content (AvgIpc) is 3.15. The van der Waals surface area contributed by atoms with Gasteiger partial charge in [0.1, 0.15) is 12.2 Å². The lowest BCUT2D eigenvalue weighted by atomic mass is 10.1. The van der Waals surface area contributed by atoms with Crippen molar-refractivity contribution in [1.82, 2.24) is 24.6 Å². The van der Waals surface area contributed by atoms with Crippen molar-refractivity contribution in [3.05, 3.63) is 52.4 Å². The number of hydrogen-bond donors (Lipinski definition) is 0. The summed E-state index contributed by atoms with van der Waals surface area (Å²) in [6, 6.07) is 9.22. The summed E-state index contributed by atoms with van der Waals surface area (Å²) < 4.78 is 7.60. The molecular weight excluding hydrogens is 425 g/mol. The molecule has 1 aromatic carbocycles. The van der Waals surface area contributed by atoms with E-state index in [1.807, 2.05) is 0 Å². The van der Waals surface area contributed by atoms with E-state index in [-0.39, 0.29) is 6.10 Å². The van der Waals surface area contributed by atoms with Gasteiger partial charge in [-0.05, 0) is 18.2 Å². The van der Waals surface area contributed by atoms with Gasteiger partial charge in [-0.15, -0.1) is 5.10 Å². The number of benzene rings is 1. The second-order valence-electron chi connectivity index (χ2n) is 6.99. The third-order valence-electron chi connectivity index (χ3n) is 5.05. The number of hydrogen-bond acceptors (Lipinski definition) is 7. The zero-order valence-electron chi connectivity index (χ0n) is 15.7. The molecule has 0 aliphatic carbocycles. The van der Waals surface area contributed by atoms with Gasteiger partial charge >= 0.3 is 0 Å². The molecule has 4 heterocycles. The zero-order chi connectivity index (χ0) is 20.7. The Hall–Kier alpha value is -3.15. The fourth-order valence-electron chi connectivity index (χ4n) is 3.61. The van der Waals surface area contributed by atoms with Crippen LogP contribution in [-0.2, 0) is 0 Å². The fourth-order valence-corrected chi connectivity index (χ4v) is 3.88. The van der Waals surface area contributed by atoms with Gasteiger partial charge in [0.25, 0.3) is 0 Å². The van der Waals surface area contributed by atoms with Crippen LogP contribution in [0.15, 0.2) is 36.7 Å². The lowest BCUT2D eigenvalue weighted by Gasteiger charge is -2.31. The molecule has 1 saturated heterocycles. The maximum absolute atomic E-state index is 9.66. The average molecular weight is 440 g/mol. The Kier molecular flexibility index (Phi) is 4.77. The van der Waals surface area contributed by atoms with E-state index < -0.39 is 0 Å². The normalized spacial score (nSPS) is 14.9. The number of aromatic nitrogens is 5. The van der Waals surface area contributed by atoms with Crippen LogP contribution in [0.2, 0.25) is 10.0 Å². The minimum Gasteiger partial charge on any atom is -0.473 e. The van der Waals surface area contributed by atoms with Crippen LogP contribution in [0, 0.1) is 11.3 Å². The Labute approximate surface area is 181 Å². The summed E-state index contributed by atoms with van der Waals surface area (Å²) in [6.07, 6.45) is 4.81. The van der Waals surface area contributed by atoms with Gasteiger partial charge in [-0.25, -0.2) is 19.5 Å². The molecule has 10 heteroatoms. The van der Waals surface area contributed by atoms with Crippen molar-refractivity contribution in [2.45, 2.75) is 18.9 Å². The molecule has 0 amide bonds. The van der Waals surface area contributed by atoms with Crippen LogP contribution < -0.4 is 9.64 Å². The first-order valence-electron chi connectivity index (χ1n) is 9.39. The molecule has 150 valence electrons. The molecular formula is C20H15Cl2N7O. The number of piperidine rings is 1. The molecule has 1 aliphatic heterocycles. The number of anilines is 1. The highest BCUT2D eigenvalue weighted by Gasteiger charge is 2.23. The maximum atomic E-state index is 9.66. The van der Waals surface area contributed by atoms with E-state index in [0.29, 0.717) is 44.1 Å². The highest BCUT2D eigenvalue weighted by atomic mass is 35.5. The smallest absolute Gasteiger partial charge is 0.235 e. The summed E-state index contributed by atoms with van der Waals surface area (Å²) >= 11 is 11.9. The van der Waals surface area contributed by atoms with Crippen molar-refractivity contribution in [3.8, 4) is 11.9 Å². The van der Waals surface area contributed by atoms with Gasteiger partial charge in [-0.1, -0.05) is 23.2 Å². The van der Waals surface area contributed by atoms with Crippen LogP contribution in [0.4, 0.5) is 5.95 Å². The summed E-state index contributed by atoms with van der Waals surface area (Å²) in [6.45, 7) is 1.54. The first kappa shape index (κ1) is 18.9. The number of fused-ring (bicyclic) bond motifs is 2. The Morgan fingerprint density at radius 3 is 2.57 bits per heavy atom. The summed E-state index contributed by atoms with van der Waals surface area (Å²) in [7, 11) is 0. The third kappa shape index (κ3) is 3.47. The van der Waals surface area contributed by atoms with Crippen LogP contribution in [-0.4, -0.2) is 43.8 Å². The van der Waals surface area contributed by atoms with Gasteiger partial charge in [0, 0.05) is 42.4 Å². The highest BCUT2D eigenvalue weighted by Crippen LogP contribution is 2.26. The summed E-state index contributed by atoms with van der Waals surface area (Å²) in [5, 5.41) is 15.8. The SMILES string of the molecule is N#Cc1c2cc(Cl)ccc2nc2cc(OC3CCN(c4ncc(Cl)cn4)CC3)nn12. The molecule has 1 aliphatic rings. The van der Waals surface area contributed by atoms with Gasteiger partial charge in [0.05, 0.1) is 22.9 Å². The van der Waals surface area contributed by atoms with Gasteiger partial charge in [0.15, 0.2) is 11.3 Å². The van der Waals surface area contributed by atoms with Gasteiger partial charge in [0.2, 0.25) is 11.8 Å². The largest absolute Gasteiger partial charge is 0.473 e. The molecule has 0 spiro atoms. The van der Waals surface area contributed by atoms with E-state index in [2.05, 4.69) is 31.0 Å². The fraction of sp³-hybridized carbons (Fsp3) is 0.250. The standard InChI is InChI=1S/C20H15Cl2N7O/c21-12-1-2-16-15(7-12)17(9-23)29-18(26-16)8-19(27-29)30-14-3-5-28(6-4-14)20-24-10-13(22)11-25-20/h1-2,7-8,10-11,14H,3-6H2. The van der Waals surface area contributed by atoms with Crippen molar-refractivity contribution in [2.24, 2.45) is 0 Å². The monoisotopic (exact) mass is 439 g/mol. The first-order chi connectivity index (χ1) is 14.6. The summed E-state index contributed by atoms with van der Waals surface area (Å²) in [4.78, 5) is 15.2. The number of nitrogens with zero attached hydrogens (tertiary/aromatic N) is 7. The van der Waals surface area contributed by atoms with Crippen molar-refractivity contribution in [2.75, 3.05) is 18.0 Å². The maximum Gasteiger partial charge on any atom is 0.235 e. The highest BCUT2D eigenvalue weighted by molar-refractivity contribution is 6.31. The number of rotatable bonds is 3. The predicted octanol–water partition coefficient (Wildman–Crippen LogP) is 3.90. The molecule has 1 fully saturated rings. The van der Waals surface area contributed by atoms with Crippen molar-refractivity contribution in [3.63, 3.8) is 0 Å². The molecule has 0 saturated carbocycles. The van der Waals surface area contributed by atoms with E-state index in [1.165, 1.54) is 4.52 Å². The Bertz CT molecular complexity index is 1270. The van der Waals surface area contributed by atoms with E-state index in [4.69, 9.17) is 27.9 Å². The van der Waals surface area contributed by atoms with Gasteiger partial charge in [-0.2, -0.15) is 5.26 Å². The Morgan fingerprint density at radius 2 is 1.83 bits per heavy atom. The first-order valence-corrected chi connectivity index (χ1v) is 10.1. The molecule has 4 aromatic rings. The molecule has 0 radical (unpaired) electrons. The topological polar surface area (TPSA) is 92.2 Å². The molecule has 3 aromatic heterocycles. The van der Waals surface area contributed by atoms with Crippen LogP contribution in [0.5, 0.6) is 5.88 Å². The van der Waals surface area contributed by atoms with Crippen LogP contribution in [0.3, 0.4) is 0 Å². The molecule has 30 heavy (non-hydrogen) atoms. The number of halogens is 2. The van der Waals surface area contributed by atoms with E-state index in [0.717, 1.165) is 25.9 Å². The molecule has 0 atom stereocenters. The number of nitriles is 1. The van der Waals surface area contributed by atoms with Crippen LogP contribution >= 0.6 is 23.2 Å².